The molecule has 2 aromatic carbocycles. The fraction of sp³-hybridized carbons (Fsp3) is 0.375. The summed E-state index contributed by atoms with van der Waals surface area (Å²) >= 11 is 0. The third-order valence-corrected chi connectivity index (χ3v) is 7.50. The number of nitrogens with zero attached hydrogens (tertiary/aromatic N) is 3. The molecule has 1 saturated heterocycles. The highest BCUT2D eigenvalue weighted by atomic mass is 16.5. The fourth-order valence-corrected chi connectivity index (χ4v) is 5.30. The minimum Gasteiger partial charge on any atom is -0.493 e. The average molecular weight is 592 g/mol. The van der Waals surface area contributed by atoms with Crippen LogP contribution in [-0.4, -0.2) is 84.2 Å². The Labute approximate surface area is 250 Å². The highest BCUT2D eigenvalue weighted by Gasteiger charge is 2.40. The number of rotatable bonds is 9. The first-order chi connectivity index (χ1) is 20.8. The van der Waals surface area contributed by atoms with E-state index in [1.165, 1.54) is 5.56 Å². The van der Waals surface area contributed by atoms with E-state index in [9.17, 15) is 14.4 Å². The van der Waals surface area contributed by atoms with Gasteiger partial charge in [0.2, 0.25) is 5.91 Å². The molecule has 1 amide bonds. The standard InChI is InChI=1S/C28H33N3O4.C4H4O4/c1-33-25-12-11-22(17-26(25)34-2)27-23-5-3-4-6-24(23)28(32)31(29-27)19-21-9-7-20(8-10-21)18-30-13-15-35-16-14-30;5-3(6)1-2-4(7)8/h3-4,7-12,17,23-24H,5-6,13-16,18-19H2,1-2H3;1-2H,(H,5,6)(H,7,8)/b;2-1-/t23-,24+;/m1./s1. The normalized spacial score (nSPS) is 20.1. The SMILES string of the molecule is COc1ccc(C2=NN(Cc3ccc(CN4CCOCC4)cc3)C(=O)[C@H]3CC=CC[C@@H]23)cc1OC.O=C(O)/C=C\C(=O)O. The number of carbonyl (C=O) groups excluding carboxylic acids is 1. The Morgan fingerprint density at radius 3 is 2.05 bits per heavy atom. The van der Waals surface area contributed by atoms with Crippen molar-refractivity contribution in [3.63, 3.8) is 0 Å². The van der Waals surface area contributed by atoms with Crippen LogP contribution in [0.15, 0.2) is 71.9 Å². The van der Waals surface area contributed by atoms with Crippen molar-refractivity contribution >= 4 is 23.6 Å². The number of carboxylic acids is 2. The van der Waals surface area contributed by atoms with Crippen LogP contribution in [0.5, 0.6) is 11.5 Å². The van der Waals surface area contributed by atoms with Crippen molar-refractivity contribution in [3.05, 3.63) is 83.5 Å². The lowest BCUT2D eigenvalue weighted by Gasteiger charge is -2.37. The van der Waals surface area contributed by atoms with Gasteiger partial charge in [0.25, 0.3) is 0 Å². The molecule has 3 aliphatic rings. The number of morpholine rings is 1. The van der Waals surface area contributed by atoms with Gasteiger partial charge in [-0.1, -0.05) is 36.4 Å². The summed E-state index contributed by atoms with van der Waals surface area (Å²) in [4.78, 5) is 34.9. The molecule has 0 aromatic heterocycles. The molecule has 2 N–H and O–H groups in total. The summed E-state index contributed by atoms with van der Waals surface area (Å²) in [6.07, 6.45) is 6.95. The molecule has 0 saturated carbocycles. The van der Waals surface area contributed by atoms with E-state index >= 15 is 0 Å². The third kappa shape index (κ3) is 8.52. The van der Waals surface area contributed by atoms with Gasteiger partial charge in [0.05, 0.1) is 45.6 Å². The molecule has 5 rings (SSSR count). The number of aliphatic carboxylic acids is 2. The number of hydrogen-bond acceptors (Lipinski definition) is 8. The zero-order chi connectivity index (χ0) is 30.8. The number of carbonyl (C=O) groups is 3. The number of amides is 1. The van der Waals surface area contributed by atoms with Crippen LogP contribution in [0.4, 0.5) is 0 Å². The van der Waals surface area contributed by atoms with Crippen LogP contribution in [0, 0.1) is 11.8 Å². The number of hydrazone groups is 1. The number of methoxy groups -OCH3 is 2. The number of fused-ring (bicyclic) bond motifs is 1. The zero-order valence-corrected chi connectivity index (χ0v) is 24.3. The number of carboxylic acid groups (broad SMARTS) is 2. The summed E-state index contributed by atoms with van der Waals surface area (Å²) in [6.45, 7) is 4.91. The third-order valence-electron chi connectivity index (χ3n) is 7.50. The highest BCUT2D eigenvalue weighted by Crippen LogP contribution is 2.37. The smallest absolute Gasteiger partial charge is 0.328 e. The lowest BCUT2D eigenvalue weighted by Crippen LogP contribution is -2.45. The maximum absolute atomic E-state index is 13.4. The predicted molar refractivity (Wildman–Crippen MR) is 159 cm³/mol. The van der Waals surface area contributed by atoms with Gasteiger partial charge < -0.3 is 24.4 Å². The number of allylic oxidation sites excluding steroid dienone is 2. The van der Waals surface area contributed by atoms with Gasteiger partial charge >= 0.3 is 11.9 Å². The first-order valence-electron chi connectivity index (χ1n) is 14.1. The average Bonchev–Trinajstić information content (AvgIpc) is 3.03. The number of benzene rings is 2. The van der Waals surface area contributed by atoms with E-state index in [0.29, 0.717) is 30.2 Å². The number of hydrogen-bond donors (Lipinski definition) is 2. The van der Waals surface area contributed by atoms with Gasteiger partial charge in [-0.3, -0.25) is 9.69 Å². The molecular weight excluding hydrogens is 554 g/mol. The summed E-state index contributed by atoms with van der Waals surface area (Å²) in [5.74, 6) is -1.10. The molecule has 43 heavy (non-hydrogen) atoms. The van der Waals surface area contributed by atoms with Crippen LogP contribution in [-0.2, 0) is 32.2 Å². The second kappa shape index (κ2) is 15.1. The van der Waals surface area contributed by atoms with Crippen molar-refractivity contribution in [3.8, 4) is 11.5 Å². The summed E-state index contributed by atoms with van der Waals surface area (Å²) in [6, 6.07) is 14.4. The van der Waals surface area contributed by atoms with E-state index in [4.69, 9.17) is 29.5 Å². The molecule has 0 spiro atoms. The minimum atomic E-state index is -1.26. The molecule has 2 aliphatic heterocycles. The fourth-order valence-electron chi connectivity index (χ4n) is 5.30. The van der Waals surface area contributed by atoms with Crippen molar-refractivity contribution < 1.29 is 38.8 Å². The summed E-state index contributed by atoms with van der Waals surface area (Å²) in [7, 11) is 3.26. The van der Waals surface area contributed by atoms with E-state index in [1.54, 1.807) is 19.2 Å². The van der Waals surface area contributed by atoms with Gasteiger partial charge in [-0.05, 0) is 42.2 Å². The molecule has 0 unspecified atom stereocenters. The van der Waals surface area contributed by atoms with E-state index in [0.717, 1.165) is 62.5 Å². The zero-order valence-electron chi connectivity index (χ0n) is 24.3. The van der Waals surface area contributed by atoms with Crippen LogP contribution in [0.2, 0.25) is 0 Å². The van der Waals surface area contributed by atoms with Crippen molar-refractivity contribution in [1.29, 1.82) is 0 Å². The van der Waals surface area contributed by atoms with Crippen molar-refractivity contribution in [2.75, 3.05) is 40.5 Å². The second-order valence-corrected chi connectivity index (χ2v) is 10.3. The maximum Gasteiger partial charge on any atom is 0.328 e. The van der Waals surface area contributed by atoms with E-state index in [1.807, 2.05) is 18.2 Å². The summed E-state index contributed by atoms with van der Waals surface area (Å²) in [5, 5.41) is 22.2. The van der Waals surface area contributed by atoms with E-state index in [-0.39, 0.29) is 17.7 Å². The van der Waals surface area contributed by atoms with Crippen LogP contribution in [0.1, 0.15) is 29.5 Å². The molecule has 228 valence electrons. The quantitative estimate of drug-likeness (QED) is 0.331. The van der Waals surface area contributed by atoms with E-state index in [2.05, 4.69) is 41.3 Å². The predicted octanol–water partition coefficient (Wildman–Crippen LogP) is 3.58. The minimum absolute atomic E-state index is 0.0674. The maximum atomic E-state index is 13.4. The van der Waals surface area contributed by atoms with E-state index < -0.39 is 11.9 Å². The molecule has 2 atom stereocenters. The lowest BCUT2D eigenvalue weighted by atomic mass is 9.76. The Hall–Kier alpha value is -4.48. The Kier molecular flexibility index (Phi) is 11.1. The van der Waals surface area contributed by atoms with Gasteiger partial charge in [0.15, 0.2) is 11.5 Å². The van der Waals surface area contributed by atoms with Gasteiger partial charge in [-0.15, -0.1) is 0 Å². The van der Waals surface area contributed by atoms with Crippen molar-refractivity contribution in [2.45, 2.75) is 25.9 Å². The van der Waals surface area contributed by atoms with Gasteiger partial charge in [0, 0.05) is 43.3 Å². The monoisotopic (exact) mass is 591 g/mol. The highest BCUT2D eigenvalue weighted by molar-refractivity contribution is 6.07. The van der Waals surface area contributed by atoms with Crippen LogP contribution < -0.4 is 9.47 Å². The molecule has 11 nitrogen and oxygen atoms in total. The molecule has 2 aromatic rings. The number of ether oxygens (including phenoxy) is 3. The molecular formula is C32H37N3O8. The molecule has 0 radical (unpaired) electrons. The van der Waals surface area contributed by atoms with Crippen LogP contribution in [0.25, 0.3) is 0 Å². The van der Waals surface area contributed by atoms with Crippen LogP contribution in [0.3, 0.4) is 0 Å². The van der Waals surface area contributed by atoms with Crippen LogP contribution >= 0.6 is 0 Å². The first-order valence-corrected chi connectivity index (χ1v) is 14.1. The van der Waals surface area contributed by atoms with Gasteiger partial charge in [0.1, 0.15) is 0 Å². The molecule has 2 heterocycles. The Bertz CT molecular complexity index is 1360. The van der Waals surface area contributed by atoms with Gasteiger partial charge in [-0.25, -0.2) is 14.6 Å². The Morgan fingerprint density at radius 2 is 1.47 bits per heavy atom. The second-order valence-electron chi connectivity index (χ2n) is 10.3. The molecule has 1 aliphatic carbocycles. The molecule has 0 bridgehead atoms. The lowest BCUT2D eigenvalue weighted by molar-refractivity contribution is -0.138. The summed E-state index contributed by atoms with van der Waals surface area (Å²) in [5.41, 5.74) is 4.24. The Morgan fingerprint density at radius 1 is 0.884 bits per heavy atom. The van der Waals surface area contributed by atoms with Crippen molar-refractivity contribution in [1.82, 2.24) is 9.91 Å². The molecule has 11 heteroatoms. The first kappa shape index (κ1) is 31.5. The molecule has 1 fully saturated rings. The Balaban J connectivity index is 0.000000467. The van der Waals surface area contributed by atoms with Crippen molar-refractivity contribution in [2.24, 2.45) is 16.9 Å². The largest absolute Gasteiger partial charge is 0.493 e. The van der Waals surface area contributed by atoms with Gasteiger partial charge in [-0.2, -0.15) is 5.10 Å². The summed E-state index contributed by atoms with van der Waals surface area (Å²) < 4.78 is 16.4. The topological polar surface area (TPSA) is 138 Å².